The summed E-state index contributed by atoms with van der Waals surface area (Å²) in [5, 5.41) is 20.7. The van der Waals surface area contributed by atoms with Crippen LogP contribution in [0.5, 0.6) is 0 Å². The van der Waals surface area contributed by atoms with Crippen molar-refractivity contribution in [1.29, 1.82) is 0 Å². The number of carboxylic acid groups (broad SMARTS) is 1. The van der Waals surface area contributed by atoms with Gasteiger partial charge in [0.2, 0.25) is 11.8 Å². The zero-order chi connectivity index (χ0) is 44.8. The van der Waals surface area contributed by atoms with Crippen LogP contribution in [0.15, 0.2) is 35.7 Å². The Morgan fingerprint density at radius 2 is 1.62 bits per heavy atom. The van der Waals surface area contributed by atoms with Gasteiger partial charge in [0.05, 0.1) is 5.92 Å². The van der Waals surface area contributed by atoms with Crippen molar-refractivity contribution >= 4 is 47.0 Å². The molecule has 2 aromatic rings. The Balaban J connectivity index is 2.31. The quantitative estimate of drug-likeness (QED) is 0.0371. The number of carboxylic acids is 1. The molecule has 0 aliphatic heterocycles. The molecule has 336 valence electrons. The van der Waals surface area contributed by atoms with Crippen molar-refractivity contribution in [3.63, 3.8) is 0 Å². The van der Waals surface area contributed by atoms with E-state index in [1.807, 2.05) is 78.9 Å². The Labute approximate surface area is 361 Å². The van der Waals surface area contributed by atoms with Crippen LogP contribution in [0.1, 0.15) is 147 Å². The molecule has 0 bridgehead atoms. The molecule has 1 aromatic heterocycles. The number of hydrogen-bond acceptors (Lipinski definition) is 11. The number of thiazole rings is 1. The number of nitrogens with zero attached hydrogens (tertiary/aromatic N) is 2. The van der Waals surface area contributed by atoms with E-state index < -0.39 is 54.0 Å². The summed E-state index contributed by atoms with van der Waals surface area (Å²) in [6, 6.07) is 7.81. The maximum absolute atomic E-state index is 14.5. The van der Waals surface area contributed by atoms with Gasteiger partial charge in [-0.3, -0.25) is 28.8 Å². The molecule has 0 spiro atoms. The van der Waals surface area contributed by atoms with E-state index in [0.717, 1.165) is 24.9 Å². The Kier molecular flexibility index (Phi) is 23.7. The van der Waals surface area contributed by atoms with Crippen molar-refractivity contribution in [1.82, 2.24) is 25.8 Å². The van der Waals surface area contributed by atoms with E-state index in [4.69, 9.17) is 9.47 Å². The third-order valence-corrected chi connectivity index (χ3v) is 11.5. The van der Waals surface area contributed by atoms with E-state index in [-0.39, 0.29) is 54.8 Å². The minimum absolute atomic E-state index is 0.0646. The van der Waals surface area contributed by atoms with Gasteiger partial charge in [-0.25, -0.2) is 4.98 Å². The monoisotopic (exact) mass is 857 g/mol. The van der Waals surface area contributed by atoms with Crippen LogP contribution in [0.2, 0.25) is 0 Å². The van der Waals surface area contributed by atoms with Gasteiger partial charge in [0.25, 0.3) is 5.91 Å². The maximum Gasteiger partial charge on any atom is 0.307 e. The van der Waals surface area contributed by atoms with E-state index in [0.29, 0.717) is 50.0 Å². The summed E-state index contributed by atoms with van der Waals surface area (Å²) in [4.78, 5) is 84.2. The fourth-order valence-electron chi connectivity index (χ4n) is 6.94. The second-order valence-corrected chi connectivity index (χ2v) is 17.5. The first-order valence-corrected chi connectivity index (χ1v) is 22.4. The number of aromatic nitrogens is 1. The van der Waals surface area contributed by atoms with Crippen LogP contribution in [-0.2, 0) is 39.9 Å². The molecule has 1 heterocycles. The molecular weight excluding hydrogens is 787 g/mol. The SMILES string of the molecule is CC[C@H](C)[C@H](NC(=O)CCCCCNC)C(=O)N(COC(=O)CC(C)C)[C@H](CCC[C@@H](OC(C)=O)c1nc(C(=O)N[C@@H](Cc2ccccc2)C[C@H](C)C(=O)O)cs1)C(C)C. The number of amides is 3. The van der Waals surface area contributed by atoms with E-state index >= 15 is 0 Å². The summed E-state index contributed by atoms with van der Waals surface area (Å²) in [5.41, 5.74) is 1.08. The topological polar surface area (TPSA) is 193 Å². The fraction of sp³-hybridized carbons (Fsp3) is 0.667. The number of benzene rings is 1. The molecule has 60 heavy (non-hydrogen) atoms. The first-order chi connectivity index (χ1) is 28.5. The van der Waals surface area contributed by atoms with Crippen molar-refractivity contribution < 1.29 is 43.3 Å². The van der Waals surface area contributed by atoms with Crippen molar-refractivity contribution in [3.8, 4) is 0 Å². The number of nitrogens with one attached hydrogen (secondary N) is 3. The summed E-state index contributed by atoms with van der Waals surface area (Å²) in [6.07, 6.45) is 4.82. The van der Waals surface area contributed by atoms with Crippen molar-refractivity contribution in [2.75, 3.05) is 20.3 Å². The first kappa shape index (κ1) is 51.8. The number of esters is 2. The van der Waals surface area contributed by atoms with Gasteiger partial charge in [-0.2, -0.15) is 0 Å². The Bertz CT molecular complexity index is 1640. The van der Waals surface area contributed by atoms with E-state index in [9.17, 15) is 33.9 Å². The highest BCUT2D eigenvalue weighted by Crippen LogP contribution is 2.30. The predicted molar refractivity (Wildman–Crippen MR) is 233 cm³/mol. The Morgan fingerprint density at radius 1 is 0.917 bits per heavy atom. The summed E-state index contributed by atoms with van der Waals surface area (Å²) < 4.78 is 11.4. The van der Waals surface area contributed by atoms with Crippen LogP contribution >= 0.6 is 11.3 Å². The molecule has 1 aromatic carbocycles. The largest absolute Gasteiger partial charge is 0.481 e. The molecule has 14 nitrogen and oxygen atoms in total. The molecule has 0 radical (unpaired) electrons. The van der Waals surface area contributed by atoms with E-state index in [1.54, 1.807) is 17.2 Å². The molecule has 0 unspecified atom stereocenters. The lowest BCUT2D eigenvalue weighted by Crippen LogP contribution is -2.56. The second-order valence-electron chi connectivity index (χ2n) is 16.6. The molecule has 4 N–H and O–H groups in total. The van der Waals surface area contributed by atoms with Gasteiger partial charge in [-0.05, 0) is 81.9 Å². The molecule has 0 aliphatic rings. The number of hydrogen-bond donors (Lipinski definition) is 4. The number of rotatable bonds is 29. The molecular formula is C45H71N5O9S. The maximum atomic E-state index is 14.5. The van der Waals surface area contributed by atoms with Crippen LogP contribution in [0.4, 0.5) is 0 Å². The number of aliphatic carboxylic acids is 1. The summed E-state index contributed by atoms with van der Waals surface area (Å²) >= 11 is 1.19. The lowest BCUT2D eigenvalue weighted by molar-refractivity contribution is -0.159. The number of carbonyl (C=O) groups is 6. The van der Waals surface area contributed by atoms with Crippen LogP contribution in [0.25, 0.3) is 0 Å². The highest BCUT2D eigenvalue weighted by Gasteiger charge is 2.36. The molecule has 0 fully saturated rings. The summed E-state index contributed by atoms with van der Waals surface area (Å²) in [6.45, 7) is 15.2. The van der Waals surface area contributed by atoms with Gasteiger partial charge >= 0.3 is 17.9 Å². The number of ether oxygens (including phenoxy) is 2. The Hall–Kier alpha value is -4.37. The van der Waals surface area contributed by atoms with Crippen LogP contribution in [0, 0.1) is 23.7 Å². The predicted octanol–water partition coefficient (Wildman–Crippen LogP) is 7.08. The lowest BCUT2D eigenvalue weighted by Gasteiger charge is -2.38. The van der Waals surface area contributed by atoms with Crippen LogP contribution in [-0.4, -0.2) is 89.1 Å². The van der Waals surface area contributed by atoms with Gasteiger partial charge in [0, 0.05) is 37.2 Å². The molecule has 0 aliphatic carbocycles. The lowest BCUT2D eigenvalue weighted by atomic mass is 9.92. The molecule has 6 atom stereocenters. The average molecular weight is 858 g/mol. The van der Waals surface area contributed by atoms with Gasteiger partial charge in [0.15, 0.2) is 12.8 Å². The van der Waals surface area contributed by atoms with Crippen LogP contribution in [0.3, 0.4) is 0 Å². The third-order valence-electron chi connectivity index (χ3n) is 10.5. The second kappa shape index (κ2) is 27.5. The van der Waals surface area contributed by atoms with E-state index in [1.165, 1.54) is 18.3 Å². The number of unbranched alkanes of at least 4 members (excludes halogenated alkanes) is 2. The normalized spacial score (nSPS) is 14.4. The molecule has 15 heteroatoms. The van der Waals surface area contributed by atoms with Crippen molar-refractivity contribution in [2.24, 2.45) is 23.7 Å². The fourth-order valence-corrected chi connectivity index (χ4v) is 7.80. The van der Waals surface area contributed by atoms with Crippen molar-refractivity contribution in [3.05, 3.63) is 52.0 Å². The zero-order valence-corrected chi connectivity index (χ0v) is 38.1. The average Bonchev–Trinajstić information content (AvgIpc) is 3.69. The van der Waals surface area contributed by atoms with Gasteiger partial charge < -0.3 is 35.4 Å². The molecule has 0 saturated carbocycles. The molecule has 0 saturated heterocycles. The smallest absolute Gasteiger partial charge is 0.307 e. The minimum Gasteiger partial charge on any atom is -0.481 e. The highest BCUT2D eigenvalue weighted by molar-refractivity contribution is 7.09. The van der Waals surface area contributed by atoms with Gasteiger partial charge in [-0.15, -0.1) is 11.3 Å². The van der Waals surface area contributed by atoms with Crippen molar-refractivity contribution in [2.45, 2.75) is 150 Å². The Morgan fingerprint density at radius 3 is 2.22 bits per heavy atom. The summed E-state index contributed by atoms with van der Waals surface area (Å²) in [7, 11) is 1.89. The molecule has 3 amide bonds. The molecule has 2 rings (SSSR count). The van der Waals surface area contributed by atoms with E-state index in [2.05, 4.69) is 20.9 Å². The zero-order valence-electron chi connectivity index (χ0n) is 37.3. The minimum atomic E-state index is -0.953. The van der Waals surface area contributed by atoms with Gasteiger partial charge in [-0.1, -0.05) is 91.6 Å². The third kappa shape index (κ3) is 18.9. The summed E-state index contributed by atoms with van der Waals surface area (Å²) in [5.74, 6) is -3.75. The number of carbonyl (C=O) groups excluding carboxylic acids is 5. The standard InChI is InChI=1S/C45H71N5O9S/c1-10-31(6)41(49-39(52)22-15-12-16-23-46-9)44(55)50(28-58-40(53)24-29(2)3)37(30(4)5)20-17-21-38(59-33(8)51)43-48-36(27-60-43)42(54)47-35(25-32(7)45(56)57)26-34-18-13-11-14-19-34/h11,13-14,18-19,27,29-32,35,37-38,41,46H,10,12,15-17,20-26,28H2,1-9H3,(H,47,54)(H,49,52)(H,56,57)/t31-,32-,35+,37+,38+,41-/m0/s1. The first-order valence-electron chi connectivity index (χ1n) is 21.6. The highest BCUT2D eigenvalue weighted by atomic mass is 32.1. The van der Waals surface area contributed by atoms with Crippen LogP contribution < -0.4 is 16.0 Å². The van der Waals surface area contributed by atoms with Gasteiger partial charge in [0.1, 0.15) is 16.7 Å².